The fourth-order valence-corrected chi connectivity index (χ4v) is 1.92. The fraction of sp³-hybridized carbons (Fsp3) is 0.214. The van der Waals surface area contributed by atoms with Crippen molar-refractivity contribution in [2.24, 2.45) is 5.73 Å². The van der Waals surface area contributed by atoms with Crippen molar-refractivity contribution in [3.8, 4) is 0 Å². The summed E-state index contributed by atoms with van der Waals surface area (Å²) < 4.78 is 0. The fourth-order valence-electron chi connectivity index (χ4n) is 1.79. The van der Waals surface area contributed by atoms with Crippen LogP contribution >= 0.6 is 12.2 Å². The van der Waals surface area contributed by atoms with Crippen LogP contribution in [0.4, 0.5) is 5.82 Å². The zero-order valence-corrected chi connectivity index (χ0v) is 11.8. The summed E-state index contributed by atoms with van der Waals surface area (Å²) in [5.74, 6) is 0.827. The number of aromatic nitrogens is 2. The summed E-state index contributed by atoms with van der Waals surface area (Å²) in [7, 11) is 1.97. The second-order valence-corrected chi connectivity index (χ2v) is 4.83. The molecule has 0 saturated carbocycles. The van der Waals surface area contributed by atoms with Crippen LogP contribution in [-0.2, 0) is 6.54 Å². The van der Waals surface area contributed by atoms with E-state index in [1.165, 1.54) is 0 Å². The van der Waals surface area contributed by atoms with Crippen LogP contribution in [-0.4, -0.2) is 22.0 Å². The average Bonchev–Trinajstić information content (AvgIpc) is 2.39. The van der Waals surface area contributed by atoms with Gasteiger partial charge in [-0.2, -0.15) is 0 Å². The third-order valence-corrected chi connectivity index (χ3v) is 3.00. The van der Waals surface area contributed by atoms with Crippen molar-refractivity contribution in [2.75, 3.05) is 11.9 Å². The topological polar surface area (TPSA) is 55.0 Å². The maximum absolute atomic E-state index is 5.63. The molecule has 0 atom stereocenters. The molecule has 0 spiro atoms. The zero-order valence-electron chi connectivity index (χ0n) is 11.0. The van der Waals surface area contributed by atoms with E-state index in [0.29, 0.717) is 11.5 Å². The summed E-state index contributed by atoms with van der Waals surface area (Å²) in [6.45, 7) is 2.67. The number of nitrogens with two attached hydrogens (primary N) is 1. The molecule has 2 aromatic heterocycles. The maximum atomic E-state index is 5.63. The second-order valence-electron chi connectivity index (χ2n) is 4.39. The van der Waals surface area contributed by atoms with Gasteiger partial charge in [0.1, 0.15) is 10.8 Å². The normalized spacial score (nSPS) is 10.2. The molecule has 5 heteroatoms. The summed E-state index contributed by atoms with van der Waals surface area (Å²) in [4.78, 5) is 11.2. The van der Waals surface area contributed by atoms with E-state index in [0.717, 1.165) is 22.8 Å². The van der Waals surface area contributed by atoms with Crippen molar-refractivity contribution in [3.05, 3.63) is 53.5 Å². The van der Waals surface area contributed by atoms with Crippen LogP contribution in [0.5, 0.6) is 0 Å². The molecule has 2 heterocycles. The summed E-state index contributed by atoms with van der Waals surface area (Å²) in [5.41, 5.74) is 8.47. The van der Waals surface area contributed by atoms with Crippen LogP contribution in [0.3, 0.4) is 0 Å². The van der Waals surface area contributed by atoms with E-state index in [9.17, 15) is 0 Å². The molecular formula is C14H16N4S. The standard InChI is InChI=1S/C14H16N4S/c1-10-4-3-5-12(17-10)9-18(2)13-8-11(14(15)19)6-7-16-13/h3-8H,9H2,1-2H3,(H2,15,19). The molecule has 2 rings (SSSR count). The summed E-state index contributed by atoms with van der Waals surface area (Å²) >= 11 is 4.97. The predicted octanol–water partition coefficient (Wildman–Crippen LogP) is 2.06. The molecule has 4 nitrogen and oxygen atoms in total. The van der Waals surface area contributed by atoms with Crippen molar-refractivity contribution in [1.82, 2.24) is 9.97 Å². The third-order valence-electron chi connectivity index (χ3n) is 2.77. The molecule has 0 amide bonds. The lowest BCUT2D eigenvalue weighted by atomic mass is 10.2. The van der Waals surface area contributed by atoms with E-state index in [1.807, 2.05) is 49.2 Å². The monoisotopic (exact) mass is 272 g/mol. The lowest BCUT2D eigenvalue weighted by molar-refractivity contribution is 0.859. The van der Waals surface area contributed by atoms with Gasteiger partial charge in [-0.1, -0.05) is 18.3 Å². The highest BCUT2D eigenvalue weighted by atomic mass is 32.1. The van der Waals surface area contributed by atoms with Crippen molar-refractivity contribution >= 4 is 23.0 Å². The molecule has 98 valence electrons. The molecule has 2 N–H and O–H groups in total. The Kier molecular flexibility index (Phi) is 4.06. The molecule has 0 aliphatic heterocycles. The lowest BCUT2D eigenvalue weighted by Gasteiger charge is -2.18. The van der Waals surface area contributed by atoms with Gasteiger partial charge in [-0.3, -0.25) is 4.98 Å². The summed E-state index contributed by atoms with van der Waals surface area (Å²) in [5, 5.41) is 0. The Bertz CT molecular complexity index is 598. The number of nitrogens with zero attached hydrogens (tertiary/aromatic N) is 3. The first-order valence-electron chi connectivity index (χ1n) is 5.96. The molecule has 0 aromatic carbocycles. The van der Waals surface area contributed by atoms with Crippen LogP contribution < -0.4 is 10.6 Å². The van der Waals surface area contributed by atoms with Crippen molar-refractivity contribution < 1.29 is 0 Å². The zero-order chi connectivity index (χ0) is 13.8. The van der Waals surface area contributed by atoms with E-state index in [4.69, 9.17) is 18.0 Å². The molecule has 0 saturated heterocycles. The largest absolute Gasteiger partial charge is 0.389 e. The molecule has 0 unspecified atom stereocenters. The molecule has 19 heavy (non-hydrogen) atoms. The highest BCUT2D eigenvalue weighted by molar-refractivity contribution is 7.80. The Morgan fingerprint density at radius 3 is 2.84 bits per heavy atom. The number of aryl methyl sites for hydroxylation is 1. The molecule has 0 bridgehead atoms. The first-order valence-corrected chi connectivity index (χ1v) is 6.36. The number of hydrogen-bond acceptors (Lipinski definition) is 4. The van der Waals surface area contributed by atoms with Crippen molar-refractivity contribution in [1.29, 1.82) is 0 Å². The third kappa shape index (κ3) is 3.48. The number of hydrogen-bond donors (Lipinski definition) is 1. The Labute approximate surface area is 118 Å². The minimum Gasteiger partial charge on any atom is -0.389 e. The smallest absolute Gasteiger partial charge is 0.129 e. The van der Waals surface area contributed by atoms with Gasteiger partial charge in [-0.15, -0.1) is 0 Å². The van der Waals surface area contributed by atoms with E-state index < -0.39 is 0 Å². The van der Waals surface area contributed by atoms with E-state index in [-0.39, 0.29) is 0 Å². The van der Waals surface area contributed by atoms with Gasteiger partial charge >= 0.3 is 0 Å². The SMILES string of the molecule is Cc1cccc(CN(C)c2cc(C(N)=S)ccn2)n1. The van der Waals surface area contributed by atoms with E-state index >= 15 is 0 Å². The van der Waals surface area contributed by atoms with E-state index in [2.05, 4.69) is 9.97 Å². The highest BCUT2D eigenvalue weighted by Crippen LogP contribution is 2.13. The quantitative estimate of drug-likeness (QED) is 0.863. The van der Waals surface area contributed by atoms with Gasteiger partial charge in [0.2, 0.25) is 0 Å². The molecule has 0 aliphatic rings. The van der Waals surface area contributed by atoms with Gasteiger partial charge < -0.3 is 10.6 Å². The Hall–Kier alpha value is -2.01. The van der Waals surface area contributed by atoms with Gasteiger partial charge in [0.05, 0.1) is 12.2 Å². The number of pyridine rings is 2. The second kappa shape index (κ2) is 5.75. The van der Waals surface area contributed by atoms with Crippen molar-refractivity contribution in [3.63, 3.8) is 0 Å². The van der Waals surface area contributed by atoms with Crippen LogP contribution in [0.25, 0.3) is 0 Å². The highest BCUT2D eigenvalue weighted by Gasteiger charge is 2.06. The van der Waals surface area contributed by atoms with Crippen LogP contribution in [0.2, 0.25) is 0 Å². The van der Waals surface area contributed by atoms with Crippen LogP contribution in [0, 0.1) is 6.92 Å². The number of thiocarbonyl (C=S) groups is 1. The number of anilines is 1. The molecule has 2 aromatic rings. The average molecular weight is 272 g/mol. The Balaban J connectivity index is 2.18. The lowest BCUT2D eigenvalue weighted by Crippen LogP contribution is -2.19. The summed E-state index contributed by atoms with van der Waals surface area (Å²) in [6, 6.07) is 9.68. The van der Waals surface area contributed by atoms with Gasteiger partial charge in [0, 0.05) is 24.5 Å². The first kappa shape index (κ1) is 13.4. The van der Waals surface area contributed by atoms with E-state index in [1.54, 1.807) is 6.20 Å². The molecule has 0 aliphatic carbocycles. The van der Waals surface area contributed by atoms with Gasteiger partial charge in [-0.25, -0.2) is 4.98 Å². The Morgan fingerprint density at radius 1 is 1.37 bits per heavy atom. The summed E-state index contributed by atoms with van der Waals surface area (Å²) in [6.07, 6.45) is 1.71. The number of rotatable bonds is 4. The Morgan fingerprint density at radius 2 is 2.16 bits per heavy atom. The first-order chi connectivity index (χ1) is 9.06. The molecule has 0 fully saturated rings. The maximum Gasteiger partial charge on any atom is 0.129 e. The van der Waals surface area contributed by atoms with Crippen molar-refractivity contribution in [2.45, 2.75) is 13.5 Å². The minimum atomic E-state index is 0.380. The molecular weight excluding hydrogens is 256 g/mol. The van der Waals surface area contributed by atoms with Gasteiger partial charge in [0.25, 0.3) is 0 Å². The molecule has 0 radical (unpaired) electrons. The van der Waals surface area contributed by atoms with Gasteiger partial charge in [0.15, 0.2) is 0 Å². The van der Waals surface area contributed by atoms with Crippen LogP contribution in [0.15, 0.2) is 36.5 Å². The minimum absolute atomic E-state index is 0.380. The van der Waals surface area contributed by atoms with Gasteiger partial charge in [-0.05, 0) is 31.2 Å². The van der Waals surface area contributed by atoms with Crippen LogP contribution in [0.1, 0.15) is 17.0 Å². The predicted molar refractivity (Wildman–Crippen MR) is 81.2 cm³/mol.